The average molecular weight is 450 g/mol. The fourth-order valence-electron chi connectivity index (χ4n) is 4.15. The van der Waals surface area contributed by atoms with E-state index in [1.54, 1.807) is 0 Å². The monoisotopic (exact) mass is 449 g/mol. The number of anilines is 1. The molecule has 3 rings (SSSR count). The first-order valence-electron chi connectivity index (χ1n) is 12.1. The number of rotatable bonds is 7. The predicted molar refractivity (Wildman–Crippen MR) is 136 cm³/mol. The molecule has 5 heteroatoms. The van der Waals surface area contributed by atoms with Crippen LogP contribution in [0.1, 0.15) is 71.2 Å². The topological polar surface area (TPSA) is 55.3 Å². The number of carbonyl (C=O) groups is 1. The minimum absolute atomic E-state index is 0.138. The Bertz CT molecular complexity index is 981. The molecule has 1 aliphatic heterocycles. The molecular formula is C28H39N3O2. The van der Waals surface area contributed by atoms with Crippen molar-refractivity contribution >= 4 is 17.7 Å². The summed E-state index contributed by atoms with van der Waals surface area (Å²) in [6, 6.07) is 4.15. The molecular weight excluding hydrogens is 410 g/mol. The minimum atomic E-state index is -0.215. The molecule has 0 unspecified atom stereocenters. The SMILES string of the molecule is Cc1ncc(-c2ccc(/C=C\C(C)C)cn2)c(N2CCC(C)(C)CC2)c1CC(=O)OC(C)C. The van der Waals surface area contributed by atoms with Gasteiger partial charge in [-0.05, 0) is 56.6 Å². The summed E-state index contributed by atoms with van der Waals surface area (Å²) in [5.41, 5.74) is 6.16. The molecule has 2 aromatic heterocycles. The second-order valence-corrected chi connectivity index (χ2v) is 10.5. The van der Waals surface area contributed by atoms with Gasteiger partial charge in [0.05, 0.1) is 23.9 Å². The highest BCUT2D eigenvalue weighted by molar-refractivity contribution is 5.84. The van der Waals surface area contributed by atoms with E-state index >= 15 is 0 Å². The summed E-state index contributed by atoms with van der Waals surface area (Å²) in [7, 11) is 0. The molecule has 2 aromatic rings. The van der Waals surface area contributed by atoms with Crippen molar-refractivity contribution in [2.45, 2.75) is 73.8 Å². The molecule has 1 saturated heterocycles. The predicted octanol–water partition coefficient (Wildman–Crippen LogP) is 6.24. The first-order chi connectivity index (χ1) is 15.6. The Morgan fingerprint density at radius 1 is 1.12 bits per heavy atom. The Morgan fingerprint density at radius 3 is 2.39 bits per heavy atom. The summed E-state index contributed by atoms with van der Waals surface area (Å²) >= 11 is 0. The van der Waals surface area contributed by atoms with E-state index in [1.807, 2.05) is 33.2 Å². The van der Waals surface area contributed by atoms with Crippen molar-refractivity contribution in [1.82, 2.24) is 9.97 Å². The maximum atomic E-state index is 12.6. The smallest absolute Gasteiger partial charge is 0.310 e. The second kappa shape index (κ2) is 10.5. The maximum Gasteiger partial charge on any atom is 0.310 e. The van der Waals surface area contributed by atoms with Gasteiger partial charge >= 0.3 is 5.97 Å². The van der Waals surface area contributed by atoms with Gasteiger partial charge in [0.15, 0.2) is 0 Å². The summed E-state index contributed by atoms with van der Waals surface area (Å²) in [4.78, 5) is 24.5. The summed E-state index contributed by atoms with van der Waals surface area (Å²) in [6.07, 6.45) is 10.4. The number of hydrogen-bond acceptors (Lipinski definition) is 5. The summed E-state index contributed by atoms with van der Waals surface area (Å²) in [5.74, 6) is 0.279. The van der Waals surface area contributed by atoms with Gasteiger partial charge in [0.2, 0.25) is 0 Å². The number of aryl methyl sites for hydroxylation is 1. The number of carbonyl (C=O) groups excluding carboxylic acids is 1. The quantitative estimate of drug-likeness (QED) is 0.468. The fourth-order valence-corrected chi connectivity index (χ4v) is 4.15. The van der Waals surface area contributed by atoms with Crippen LogP contribution < -0.4 is 4.90 Å². The Balaban J connectivity index is 2.04. The Kier molecular flexibility index (Phi) is 7.93. The van der Waals surface area contributed by atoms with E-state index in [1.165, 1.54) is 0 Å². The molecule has 0 amide bonds. The highest BCUT2D eigenvalue weighted by Crippen LogP contribution is 2.39. The van der Waals surface area contributed by atoms with Crippen molar-refractivity contribution in [3.63, 3.8) is 0 Å². The van der Waals surface area contributed by atoms with Gasteiger partial charge in [-0.2, -0.15) is 0 Å². The van der Waals surface area contributed by atoms with E-state index in [0.717, 1.165) is 59.7 Å². The zero-order valence-corrected chi connectivity index (χ0v) is 21.3. The Morgan fingerprint density at radius 2 is 1.82 bits per heavy atom. The maximum absolute atomic E-state index is 12.6. The number of aromatic nitrogens is 2. The zero-order chi connectivity index (χ0) is 24.2. The molecule has 33 heavy (non-hydrogen) atoms. The first kappa shape index (κ1) is 24.9. The number of piperidine rings is 1. The van der Waals surface area contributed by atoms with Gasteiger partial charge in [0.1, 0.15) is 0 Å². The van der Waals surface area contributed by atoms with E-state index in [0.29, 0.717) is 11.3 Å². The van der Waals surface area contributed by atoms with E-state index in [-0.39, 0.29) is 18.5 Å². The molecule has 0 atom stereocenters. The number of nitrogens with zero attached hydrogens (tertiary/aromatic N) is 3. The highest BCUT2D eigenvalue weighted by Gasteiger charge is 2.29. The van der Waals surface area contributed by atoms with Crippen LogP contribution in [0.5, 0.6) is 0 Å². The van der Waals surface area contributed by atoms with Crippen molar-refractivity contribution in [1.29, 1.82) is 0 Å². The van der Waals surface area contributed by atoms with Crippen molar-refractivity contribution in [3.05, 3.63) is 47.4 Å². The molecule has 0 saturated carbocycles. The molecule has 0 aromatic carbocycles. The number of ether oxygens (including phenoxy) is 1. The number of allylic oxidation sites excluding steroid dienone is 1. The molecule has 0 bridgehead atoms. The van der Waals surface area contributed by atoms with Gasteiger partial charge in [0, 0.05) is 42.3 Å². The van der Waals surface area contributed by atoms with E-state index in [2.05, 4.69) is 61.9 Å². The molecule has 3 heterocycles. The molecule has 1 fully saturated rings. The molecule has 178 valence electrons. The number of pyridine rings is 2. The van der Waals surface area contributed by atoms with Gasteiger partial charge in [-0.3, -0.25) is 14.8 Å². The third kappa shape index (κ3) is 6.66. The van der Waals surface area contributed by atoms with Crippen LogP contribution >= 0.6 is 0 Å². The van der Waals surface area contributed by atoms with Gasteiger partial charge in [0.25, 0.3) is 0 Å². The number of esters is 1. The van der Waals surface area contributed by atoms with Crippen molar-refractivity contribution in [2.75, 3.05) is 18.0 Å². The lowest BCUT2D eigenvalue weighted by atomic mass is 9.82. The Hall–Kier alpha value is -2.69. The minimum Gasteiger partial charge on any atom is -0.463 e. The van der Waals surface area contributed by atoms with Crippen LogP contribution in [0.3, 0.4) is 0 Å². The molecule has 0 N–H and O–H groups in total. The van der Waals surface area contributed by atoms with E-state index in [4.69, 9.17) is 9.72 Å². The lowest BCUT2D eigenvalue weighted by Gasteiger charge is -2.40. The van der Waals surface area contributed by atoms with Crippen LogP contribution in [0.2, 0.25) is 0 Å². The second-order valence-electron chi connectivity index (χ2n) is 10.5. The van der Waals surface area contributed by atoms with Gasteiger partial charge in [-0.25, -0.2) is 0 Å². The lowest BCUT2D eigenvalue weighted by Crippen LogP contribution is -2.38. The third-order valence-electron chi connectivity index (χ3n) is 6.22. The van der Waals surface area contributed by atoms with Crippen LogP contribution in [0.25, 0.3) is 17.3 Å². The average Bonchev–Trinajstić information content (AvgIpc) is 2.74. The largest absolute Gasteiger partial charge is 0.463 e. The van der Waals surface area contributed by atoms with Crippen LogP contribution in [-0.4, -0.2) is 35.1 Å². The summed E-state index contributed by atoms with van der Waals surface area (Å²) in [6.45, 7) is 16.6. The van der Waals surface area contributed by atoms with Crippen molar-refractivity contribution in [3.8, 4) is 11.3 Å². The molecule has 0 radical (unpaired) electrons. The summed E-state index contributed by atoms with van der Waals surface area (Å²) < 4.78 is 5.48. The molecule has 0 aliphatic carbocycles. The van der Waals surface area contributed by atoms with E-state index < -0.39 is 0 Å². The number of hydrogen-bond donors (Lipinski definition) is 0. The van der Waals surface area contributed by atoms with Crippen molar-refractivity contribution < 1.29 is 9.53 Å². The lowest BCUT2D eigenvalue weighted by molar-refractivity contribution is -0.146. The zero-order valence-electron chi connectivity index (χ0n) is 21.3. The van der Waals surface area contributed by atoms with Crippen LogP contribution in [0, 0.1) is 18.3 Å². The van der Waals surface area contributed by atoms with Crippen LogP contribution in [0.15, 0.2) is 30.6 Å². The van der Waals surface area contributed by atoms with Crippen molar-refractivity contribution in [2.24, 2.45) is 11.3 Å². The first-order valence-corrected chi connectivity index (χ1v) is 12.1. The van der Waals surface area contributed by atoms with Gasteiger partial charge in [-0.15, -0.1) is 0 Å². The molecule has 5 nitrogen and oxygen atoms in total. The van der Waals surface area contributed by atoms with Crippen LogP contribution in [0.4, 0.5) is 5.69 Å². The molecule has 1 aliphatic rings. The Labute approximate surface area is 199 Å². The normalized spacial score (nSPS) is 16.1. The summed E-state index contributed by atoms with van der Waals surface area (Å²) in [5, 5.41) is 0. The van der Waals surface area contributed by atoms with Gasteiger partial charge in [-0.1, -0.05) is 45.9 Å². The standard InChI is InChI=1S/C28H39N3O2/c1-19(2)8-9-22-10-11-25(30-17-22)24-18-29-21(5)23(16-26(32)33-20(3)4)27(24)31-14-12-28(6,7)13-15-31/h8-11,17-20H,12-16H2,1-7H3/b9-8-. The third-order valence-corrected chi connectivity index (χ3v) is 6.22. The van der Waals surface area contributed by atoms with E-state index in [9.17, 15) is 4.79 Å². The molecule has 0 spiro atoms. The van der Waals surface area contributed by atoms with Crippen LogP contribution in [-0.2, 0) is 16.0 Å². The van der Waals surface area contributed by atoms with Gasteiger partial charge < -0.3 is 9.64 Å². The highest BCUT2D eigenvalue weighted by atomic mass is 16.5. The fraction of sp³-hybridized carbons (Fsp3) is 0.536.